The molecule has 0 aliphatic rings. The molecule has 0 aromatic heterocycles. The smallest absolute Gasteiger partial charge is 0.317 e. The first kappa shape index (κ1) is 10.8. The van der Waals surface area contributed by atoms with Crippen LogP contribution in [0.15, 0.2) is 0 Å². The van der Waals surface area contributed by atoms with Crippen LogP contribution >= 0.6 is 0 Å². The van der Waals surface area contributed by atoms with Crippen LogP contribution in [0.5, 0.6) is 0 Å². The van der Waals surface area contributed by atoms with Crippen molar-refractivity contribution in [3.63, 3.8) is 0 Å². The van der Waals surface area contributed by atoms with Crippen LogP contribution in [0.1, 0.15) is 6.92 Å². The maximum Gasteiger partial charge on any atom is 0.317 e. The second kappa shape index (κ2) is 3.85. The van der Waals surface area contributed by atoms with E-state index in [0.717, 1.165) is 6.92 Å². The zero-order chi connectivity index (χ0) is 6.73. The predicted molar refractivity (Wildman–Crippen MR) is 29.5 cm³/mol. The molecule has 0 aliphatic carbocycles. The Bertz CT molecular complexity index is 108. The van der Waals surface area contributed by atoms with E-state index in [9.17, 15) is 9.59 Å². The first-order chi connectivity index (χ1) is 3.55. The molecule has 0 atom stereocenters. The summed E-state index contributed by atoms with van der Waals surface area (Å²) in [6.45, 7) is 1.12. The summed E-state index contributed by atoms with van der Waals surface area (Å²) in [6.07, 6.45) is 0. The van der Waals surface area contributed by atoms with Crippen LogP contribution in [0.3, 0.4) is 0 Å². The lowest BCUT2D eigenvalue weighted by molar-refractivity contribution is -0.153. The van der Waals surface area contributed by atoms with Gasteiger partial charge in [-0.05, 0) is 6.92 Å². The minimum atomic E-state index is -1.31. The van der Waals surface area contributed by atoms with Crippen LogP contribution in [0.4, 0.5) is 0 Å². The molecule has 0 aliphatic heterocycles. The lowest BCUT2D eigenvalue weighted by Gasteiger charge is -1.94. The van der Waals surface area contributed by atoms with E-state index in [1.54, 1.807) is 0 Å². The molecule has 5 N–H and O–H groups in total. The number of carboxylic acids is 2. The van der Waals surface area contributed by atoms with Crippen LogP contribution in [0, 0.1) is 5.92 Å². The van der Waals surface area contributed by atoms with Gasteiger partial charge in [0.05, 0.1) is 0 Å². The zero-order valence-corrected chi connectivity index (χ0v) is 5.00. The second-order valence-corrected chi connectivity index (χ2v) is 1.40. The molecule has 54 valence electrons. The van der Waals surface area contributed by atoms with Gasteiger partial charge in [-0.2, -0.15) is 0 Å². The minimum Gasteiger partial charge on any atom is -0.481 e. The molecular formula is C4H9NO4. The van der Waals surface area contributed by atoms with Gasteiger partial charge in [-0.25, -0.2) is 0 Å². The van der Waals surface area contributed by atoms with Gasteiger partial charge in [0.25, 0.3) is 0 Å². The lowest BCUT2D eigenvalue weighted by Crippen LogP contribution is -2.19. The third-order valence-electron chi connectivity index (χ3n) is 0.741. The highest BCUT2D eigenvalue weighted by molar-refractivity contribution is 5.92. The summed E-state index contributed by atoms with van der Waals surface area (Å²) in [5.41, 5.74) is 0. The summed E-state index contributed by atoms with van der Waals surface area (Å²) < 4.78 is 0. The Labute approximate surface area is 51.9 Å². The third kappa shape index (κ3) is 3.48. The van der Waals surface area contributed by atoms with E-state index in [0.29, 0.717) is 0 Å². The Morgan fingerprint density at radius 1 is 1.22 bits per heavy atom. The molecule has 0 heterocycles. The van der Waals surface area contributed by atoms with E-state index >= 15 is 0 Å². The van der Waals surface area contributed by atoms with Crippen molar-refractivity contribution in [1.82, 2.24) is 6.15 Å². The molecule has 9 heavy (non-hydrogen) atoms. The molecule has 0 aromatic carbocycles. The number of carbonyl (C=O) groups is 2. The molecule has 5 nitrogen and oxygen atoms in total. The topological polar surface area (TPSA) is 110 Å². The summed E-state index contributed by atoms with van der Waals surface area (Å²) in [6, 6.07) is 0. The van der Waals surface area contributed by atoms with Gasteiger partial charge in [0, 0.05) is 0 Å². The van der Waals surface area contributed by atoms with Gasteiger partial charge in [0.2, 0.25) is 0 Å². The van der Waals surface area contributed by atoms with Crippen LogP contribution in [-0.2, 0) is 9.59 Å². The summed E-state index contributed by atoms with van der Waals surface area (Å²) in [5, 5.41) is 15.9. The number of hydrogen-bond donors (Lipinski definition) is 3. The average Bonchev–Trinajstić information content (AvgIpc) is 1.64. The largest absolute Gasteiger partial charge is 0.481 e. The number of hydrogen-bond acceptors (Lipinski definition) is 3. The molecular weight excluding hydrogens is 126 g/mol. The normalized spacial score (nSPS) is 8.22. The van der Waals surface area contributed by atoms with Gasteiger partial charge in [-0.3, -0.25) is 9.59 Å². The minimum absolute atomic E-state index is 0. The van der Waals surface area contributed by atoms with Crippen LogP contribution in [-0.4, -0.2) is 22.2 Å². The Morgan fingerprint density at radius 2 is 1.44 bits per heavy atom. The molecule has 0 unspecified atom stereocenters. The van der Waals surface area contributed by atoms with Gasteiger partial charge in [0.1, 0.15) is 0 Å². The highest BCUT2D eigenvalue weighted by Gasteiger charge is 2.18. The van der Waals surface area contributed by atoms with Crippen LogP contribution < -0.4 is 6.15 Å². The van der Waals surface area contributed by atoms with Crippen molar-refractivity contribution in [1.29, 1.82) is 0 Å². The Balaban J connectivity index is 0. The first-order valence-corrected chi connectivity index (χ1v) is 2.01. The van der Waals surface area contributed by atoms with E-state index in [2.05, 4.69) is 0 Å². The summed E-state index contributed by atoms with van der Waals surface area (Å²) in [7, 11) is 0. The molecule has 0 spiro atoms. The molecule has 0 saturated heterocycles. The maximum atomic E-state index is 9.76. The molecule has 5 heteroatoms. The van der Waals surface area contributed by atoms with Crippen molar-refractivity contribution in [3.05, 3.63) is 0 Å². The van der Waals surface area contributed by atoms with E-state index in [1.807, 2.05) is 0 Å². The van der Waals surface area contributed by atoms with E-state index in [1.165, 1.54) is 0 Å². The van der Waals surface area contributed by atoms with E-state index in [-0.39, 0.29) is 6.15 Å². The number of rotatable bonds is 2. The molecule has 0 radical (unpaired) electrons. The summed E-state index contributed by atoms with van der Waals surface area (Å²) in [5.74, 6) is -3.91. The molecule has 0 rings (SSSR count). The summed E-state index contributed by atoms with van der Waals surface area (Å²) in [4.78, 5) is 19.5. The fraction of sp³-hybridized carbons (Fsp3) is 0.500. The Morgan fingerprint density at radius 3 is 1.44 bits per heavy atom. The van der Waals surface area contributed by atoms with Crippen molar-refractivity contribution < 1.29 is 19.8 Å². The molecule has 0 amide bonds. The number of aliphatic carboxylic acids is 2. The van der Waals surface area contributed by atoms with E-state index < -0.39 is 17.9 Å². The van der Waals surface area contributed by atoms with Crippen molar-refractivity contribution in [3.8, 4) is 0 Å². The quantitative estimate of drug-likeness (QED) is 0.460. The zero-order valence-electron chi connectivity index (χ0n) is 5.00. The van der Waals surface area contributed by atoms with Crippen molar-refractivity contribution in [2.45, 2.75) is 6.92 Å². The molecule has 0 bridgehead atoms. The fourth-order valence-electron chi connectivity index (χ4n) is 0.106. The summed E-state index contributed by atoms with van der Waals surface area (Å²) >= 11 is 0. The lowest BCUT2D eigenvalue weighted by atomic mass is 10.2. The van der Waals surface area contributed by atoms with E-state index in [4.69, 9.17) is 10.2 Å². The van der Waals surface area contributed by atoms with Gasteiger partial charge in [0.15, 0.2) is 5.92 Å². The second-order valence-electron chi connectivity index (χ2n) is 1.40. The Hall–Kier alpha value is -1.10. The van der Waals surface area contributed by atoms with Crippen molar-refractivity contribution in [2.75, 3.05) is 0 Å². The van der Waals surface area contributed by atoms with Crippen molar-refractivity contribution in [2.24, 2.45) is 5.92 Å². The third-order valence-corrected chi connectivity index (χ3v) is 0.741. The molecule has 0 saturated carbocycles. The average molecular weight is 135 g/mol. The number of carboxylic acid groups (broad SMARTS) is 2. The highest BCUT2D eigenvalue weighted by atomic mass is 16.4. The standard InChI is InChI=1S/C4H6O4.H3N/c1-2(3(5)6)4(7)8;/h2H,1H3,(H,5,6)(H,7,8);1H3. The van der Waals surface area contributed by atoms with Crippen LogP contribution in [0.25, 0.3) is 0 Å². The molecule has 0 fully saturated rings. The first-order valence-electron chi connectivity index (χ1n) is 2.01. The monoisotopic (exact) mass is 135 g/mol. The SMILES string of the molecule is CC(C(=O)O)C(=O)O.N. The fourth-order valence-corrected chi connectivity index (χ4v) is 0.106. The predicted octanol–water partition coefficient (Wildman–Crippen LogP) is -0.0463. The highest BCUT2D eigenvalue weighted by Crippen LogP contribution is 1.91. The molecule has 0 aromatic rings. The van der Waals surface area contributed by atoms with Gasteiger partial charge >= 0.3 is 11.9 Å². The van der Waals surface area contributed by atoms with Gasteiger partial charge < -0.3 is 16.4 Å². The van der Waals surface area contributed by atoms with Gasteiger partial charge in [-0.15, -0.1) is 0 Å². The van der Waals surface area contributed by atoms with Crippen molar-refractivity contribution >= 4 is 11.9 Å². The van der Waals surface area contributed by atoms with Gasteiger partial charge in [-0.1, -0.05) is 0 Å². The van der Waals surface area contributed by atoms with Crippen LogP contribution in [0.2, 0.25) is 0 Å². The maximum absolute atomic E-state index is 9.76. The Kier molecular flexibility index (Phi) is 4.62.